The van der Waals surface area contributed by atoms with E-state index < -0.39 is 0 Å². The summed E-state index contributed by atoms with van der Waals surface area (Å²) in [5.41, 5.74) is 1.29. The number of nitrogens with zero attached hydrogens (tertiary/aromatic N) is 5. The van der Waals surface area contributed by atoms with E-state index in [1.54, 1.807) is 0 Å². The number of hydrogen-bond donors (Lipinski definition) is 0. The van der Waals surface area contributed by atoms with Crippen LogP contribution in [-0.4, -0.2) is 32.6 Å². The van der Waals surface area contributed by atoms with Crippen LogP contribution in [0.1, 0.15) is 62.2 Å². The third kappa shape index (κ3) is 3.70. The van der Waals surface area contributed by atoms with E-state index in [0.717, 1.165) is 50.0 Å². The lowest BCUT2D eigenvalue weighted by molar-refractivity contribution is 0.460. The zero-order valence-electron chi connectivity index (χ0n) is 15.5. The average molecular weight is 339 g/mol. The van der Waals surface area contributed by atoms with Crippen molar-refractivity contribution in [2.75, 3.05) is 18.0 Å². The third-order valence-corrected chi connectivity index (χ3v) is 5.47. The quantitative estimate of drug-likeness (QED) is 0.804. The van der Waals surface area contributed by atoms with Gasteiger partial charge in [-0.1, -0.05) is 13.3 Å². The molecule has 0 amide bonds. The molecule has 1 aliphatic heterocycles. The monoisotopic (exact) mass is 339 g/mol. The van der Waals surface area contributed by atoms with Crippen LogP contribution in [0.15, 0.2) is 18.6 Å². The molecule has 3 heterocycles. The van der Waals surface area contributed by atoms with E-state index in [2.05, 4.69) is 27.6 Å². The average Bonchev–Trinajstić information content (AvgIpc) is 3.32. The lowest BCUT2D eigenvalue weighted by atomic mass is 9.96. The van der Waals surface area contributed by atoms with E-state index in [4.69, 9.17) is 9.97 Å². The Bertz CT molecular complexity index is 719. The molecule has 0 radical (unpaired) electrons. The zero-order chi connectivity index (χ0) is 17.2. The SMILES string of the molecule is CCCc1cnc(C)nc1N1CCCC(c2nccn2CC2CC2)C1. The topological polar surface area (TPSA) is 46.8 Å². The molecular weight excluding hydrogens is 310 g/mol. The molecular formula is C20H29N5. The zero-order valence-corrected chi connectivity index (χ0v) is 15.5. The molecule has 4 rings (SSSR count). The summed E-state index contributed by atoms with van der Waals surface area (Å²) in [6, 6.07) is 0. The van der Waals surface area contributed by atoms with Gasteiger partial charge < -0.3 is 9.47 Å². The molecule has 1 aliphatic carbocycles. The maximum Gasteiger partial charge on any atom is 0.135 e. The third-order valence-electron chi connectivity index (χ3n) is 5.47. The first-order valence-corrected chi connectivity index (χ1v) is 9.83. The van der Waals surface area contributed by atoms with Crippen molar-refractivity contribution in [1.29, 1.82) is 0 Å². The van der Waals surface area contributed by atoms with Gasteiger partial charge in [-0.2, -0.15) is 0 Å². The second kappa shape index (κ2) is 7.14. The first-order chi connectivity index (χ1) is 12.2. The second-order valence-electron chi connectivity index (χ2n) is 7.68. The standard InChI is InChI=1S/C20H29N5/c1-3-5-17-12-22-15(2)23-20(17)24-10-4-6-18(14-24)19-21-9-11-25(19)13-16-7-8-16/h9,11-12,16,18H,3-8,10,13-14H2,1-2H3. The molecule has 0 bridgehead atoms. The fourth-order valence-corrected chi connectivity index (χ4v) is 4.00. The van der Waals surface area contributed by atoms with E-state index in [9.17, 15) is 0 Å². The minimum atomic E-state index is 0.507. The molecule has 1 atom stereocenters. The number of rotatable bonds is 6. The van der Waals surface area contributed by atoms with Crippen LogP contribution in [0, 0.1) is 12.8 Å². The van der Waals surface area contributed by atoms with E-state index >= 15 is 0 Å². The highest BCUT2D eigenvalue weighted by atomic mass is 15.2. The summed E-state index contributed by atoms with van der Waals surface area (Å²) < 4.78 is 2.41. The van der Waals surface area contributed by atoms with Gasteiger partial charge in [-0.25, -0.2) is 15.0 Å². The van der Waals surface area contributed by atoms with Crippen LogP contribution in [0.4, 0.5) is 5.82 Å². The van der Waals surface area contributed by atoms with E-state index in [-0.39, 0.29) is 0 Å². The Labute approximate surface area is 150 Å². The van der Waals surface area contributed by atoms with E-state index in [1.165, 1.54) is 37.1 Å². The van der Waals surface area contributed by atoms with Gasteiger partial charge in [0.2, 0.25) is 0 Å². The van der Waals surface area contributed by atoms with Gasteiger partial charge in [0, 0.05) is 49.7 Å². The summed E-state index contributed by atoms with van der Waals surface area (Å²) in [6.07, 6.45) is 13.6. The molecule has 5 heteroatoms. The molecule has 1 unspecified atom stereocenters. The second-order valence-corrected chi connectivity index (χ2v) is 7.68. The van der Waals surface area contributed by atoms with Gasteiger partial charge in [0.05, 0.1) is 0 Å². The van der Waals surface area contributed by atoms with Crippen molar-refractivity contribution >= 4 is 5.82 Å². The summed E-state index contributed by atoms with van der Waals surface area (Å²) in [7, 11) is 0. The molecule has 1 saturated heterocycles. The maximum atomic E-state index is 4.80. The highest BCUT2D eigenvalue weighted by Crippen LogP contribution is 2.34. The number of aromatic nitrogens is 4. The summed E-state index contributed by atoms with van der Waals surface area (Å²) in [6.45, 7) is 7.47. The van der Waals surface area contributed by atoms with Crippen LogP contribution in [0.25, 0.3) is 0 Å². The van der Waals surface area contributed by atoms with Crippen molar-refractivity contribution in [3.63, 3.8) is 0 Å². The Balaban J connectivity index is 1.55. The molecule has 1 saturated carbocycles. The molecule has 0 spiro atoms. The minimum Gasteiger partial charge on any atom is -0.356 e. The fraction of sp³-hybridized carbons (Fsp3) is 0.650. The van der Waals surface area contributed by atoms with Crippen molar-refractivity contribution in [1.82, 2.24) is 19.5 Å². The summed E-state index contributed by atoms with van der Waals surface area (Å²) in [4.78, 5) is 16.4. The van der Waals surface area contributed by atoms with Gasteiger partial charge in [-0.05, 0) is 44.9 Å². The highest BCUT2D eigenvalue weighted by molar-refractivity contribution is 5.47. The van der Waals surface area contributed by atoms with Crippen LogP contribution < -0.4 is 4.90 Å². The normalized spacial score (nSPS) is 20.9. The highest BCUT2D eigenvalue weighted by Gasteiger charge is 2.29. The molecule has 134 valence electrons. The van der Waals surface area contributed by atoms with Gasteiger partial charge in [0.1, 0.15) is 17.5 Å². The molecule has 2 aromatic rings. The lowest BCUT2D eigenvalue weighted by Crippen LogP contribution is -2.36. The molecule has 25 heavy (non-hydrogen) atoms. The Morgan fingerprint density at radius 2 is 2.08 bits per heavy atom. The van der Waals surface area contributed by atoms with Gasteiger partial charge >= 0.3 is 0 Å². The smallest absolute Gasteiger partial charge is 0.135 e. The van der Waals surface area contributed by atoms with Gasteiger partial charge in [0.25, 0.3) is 0 Å². The Hall–Kier alpha value is -1.91. The van der Waals surface area contributed by atoms with E-state index in [1.807, 2.05) is 19.3 Å². The maximum absolute atomic E-state index is 4.80. The Morgan fingerprint density at radius 3 is 2.88 bits per heavy atom. The van der Waals surface area contributed by atoms with Crippen molar-refractivity contribution in [3.8, 4) is 0 Å². The first kappa shape index (κ1) is 16.6. The van der Waals surface area contributed by atoms with E-state index in [0.29, 0.717) is 5.92 Å². The lowest BCUT2D eigenvalue weighted by Gasteiger charge is -2.34. The molecule has 2 aromatic heterocycles. The molecule has 0 aromatic carbocycles. The Morgan fingerprint density at radius 1 is 1.20 bits per heavy atom. The summed E-state index contributed by atoms with van der Waals surface area (Å²) in [5, 5.41) is 0. The largest absolute Gasteiger partial charge is 0.356 e. The van der Waals surface area contributed by atoms with Crippen LogP contribution in [-0.2, 0) is 13.0 Å². The fourth-order valence-electron chi connectivity index (χ4n) is 4.00. The summed E-state index contributed by atoms with van der Waals surface area (Å²) in [5.74, 6) is 4.69. The molecule has 2 fully saturated rings. The van der Waals surface area contributed by atoms with Crippen LogP contribution >= 0.6 is 0 Å². The number of piperidine rings is 1. The van der Waals surface area contributed by atoms with Crippen molar-refractivity contribution < 1.29 is 0 Å². The van der Waals surface area contributed by atoms with Crippen molar-refractivity contribution in [2.45, 2.75) is 64.8 Å². The molecule has 0 N–H and O–H groups in total. The number of aryl methyl sites for hydroxylation is 2. The molecule has 5 nitrogen and oxygen atoms in total. The van der Waals surface area contributed by atoms with Gasteiger partial charge in [-0.15, -0.1) is 0 Å². The van der Waals surface area contributed by atoms with Gasteiger partial charge in [0.15, 0.2) is 0 Å². The minimum absolute atomic E-state index is 0.507. The number of hydrogen-bond acceptors (Lipinski definition) is 4. The summed E-state index contributed by atoms with van der Waals surface area (Å²) >= 11 is 0. The van der Waals surface area contributed by atoms with Crippen molar-refractivity contribution in [2.24, 2.45) is 5.92 Å². The van der Waals surface area contributed by atoms with Crippen molar-refractivity contribution in [3.05, 3.63) is 35.8 Å². The predicted molar refractivity (Wildman–Crippen MR) is 99.9 cm³/mol. The predicted octanol–water partition coefficient (Wildman–Crippen LogP) is 3.73. The van der Waals surface area contributed by atoms with Crippen LogP contribution in [0.2, 0.25) is 0 Å². The molecule has 2 aliphatic rings. The Kier molecular flexibility index (Phi) is 4.73. The first-order valence-electron chi connectivity index (χ1n) is 9.83. The number of imidazole rings is 1. The van der Waals surface area contributed by atoms with Crippen LogP contribution in [0.5, 0.6) is 0 Å². The van der Waals surface area contributed by atoms with Gasteiger partial charge in [-0.3, -0.25) is 0 Å². The van der Waals surface area contributed by atoms with Crippen LogP contribution in [0.3, 0.4) is 0 Å². The number of anilines is 1.